The predicted molar refractivity (Wildman–Crippen MR) is 59.5 cm³/mol. The van der Waals surface area contributed by atoms with E-state index in [1.807, 2.05) is 0 Å². The number of carbonyl (C=O) groups excluding carboxylic acids is 2. The average molecular weight is 219 g/mol. The number of anilines is 1. The molecule has 1 aromatic carbocycles. The summed E-state index contributed by atoms with van der Waals surface area (Å²) in [5.74, 6) is 0.420. The predicted octanol–water partition coefficient (Wildman–Crippen LogP) is 2.46. The number of hydrogen-bond donors (Lipinski definition) is 1. The lowest BCUT2D eigenvalue weighted by Crippen LogP contribution is -2.11. The molecule has 1 aromatic rings. The van der Waals surface area contributed by atoms with E-state index >= 15 is 0 Å². The van der Waals surface area contributed by atoms with Crippen LogP contribution in [-0.4, -0.2) is 19.0 Å². The van der Waals surface area contributed by atoms with Crippen LogP contribution in [0.1, 0.15) is 23.2 Å². The van der Waals surface area contributed by atoms with Gasteiger partial charge in [0, 0.05) is 17.2 Å². The standard InChI is InChI=1S/C12H13NO3/c1-16-12(15)13-10-6-4-9(5-7-10)11(14)8-2-3-8/h4-8H,2-3H2,1H3,(H,13,15). The molecule has 0 atom stereocenters. The molecule has 1 aliphatic rings. The van der Waals surface area contributed by atoms with Gasteiger partial charge in [0.2, 0.25) is 0 Å². The Kier molecular flexibility index (Phi) is 2.90. The van der Waals surface area contributed by atoms with Gasteiger partial charge in [-0.25, -0.2) is 4.79 Å². The highest BCUT2D eigenvalue weighted by Gasteiger charge is 2.30. The molecule has 2 rings (SSSR count). The highest BCUT2D eigenvalue weighted by Crippen LogP contribution is 2.32. The second-order valence-electron chi connectivity index (χ2n) is 3.83. The van der Waals surface area contributed by atoms with Crippen LogP contribution in [0, 0.1) is 5.92 Å². The molecule has 1 amide bonds. The zero-order chi connectivity index (χ0) is 11.5. The van der Waals surface area contributed by atoms with Crippen LogP contribution in [0.3, 0.4) is 0 Å². The van der Waals surface area contributed by atoms with Gasteiger partial charge in [0.05, 0.1) is 7.11 Å². The molecule has 84 valence electrons. The lowest BCUT2D eigenvalue weighted by atomic mass is 10.1. The Labute approximate surface area is 93.6 Å². The monoisotopic (exact) mass is 219 g/mol. The largest absolute Gasteiger partial charge is 0.453 e. The summed E-state index contributed by atoms with van der Waals surface area (Å²) in [6.45, 7) is 0. The van der Waals surface area contributed by atoms with Crippen LogP contribution in [0.4, 0.5) is 10.5 Å². The molecule has 0 bridgehead atoms. The van der Waals surface area contributed by atoms with Gasteiger partial charge in [0.25, 0.3) is 0 Å². The van der Waals surface area contributed by atoms with Crippen molar-refractivity contribution in [1.29, 1.82) is 0 Å². The zero-order valence-electron chi connectivity index (χ0n) is 9.03. The number of methoxy groups -OCH3 is 1. The second kappa shape index (κ2) is 4.35. The molecular weight excluding hydrogens is 206 g/mol. The van der Waals surface area contributed by atoms with Crippen LogP contribution >= 0.6 is 0 Å². The van der Waals surface area contributed by atoms with Gasteiger partial charge >= 0.3 is 6.09 Å². The summed E-state index contributed by atoms with van der Waals surface area (Å²) in [4.78, 5) is 22.6. The lowest BCUT2D eigenvalue weighted by Gasteiger charge is -2.04. The fourth-order valence-corrected chi connectivity index (χ4v) is 1.47. The second-order valence-corrected chi connectivity index (χ2v) is 3.83. The summed E-state index contributed by atoms with van der Waals surface area (Å²) in [7, 11) is 1.31. The Morgan fingerprint density at radius 3 is 2.38 bits per heavy atom. The van der Waals surface area contributed by atoms with E-state index in [9.17, 15) is 9.59 Å². The molecule has 0 aliphatic heterocycles. The van der Waals surface area contributed by atoms with Gasteiger partial charge in [-0.2, -0.15) is 0 Å². The molecule has 1 fully saturated rings. The zero-order valence-corrected chi connectivity index (χ0v) is 9.03. The Bertz CT molecular complexity index is 407. The molecule has 1 aliphatic carbocycles. The van der Waals surface area contributed by atoms with Crippen molar-refractivity contribution in [1.82, 2.24) is 0 Å². The Morgan fingerprint density at radius 1 is 1.25 bits per heavy atom. The Hall–Kier alpha value is -1.84. The van der Waals surface area contributed by atoms with E-state index in [1.165, 1.54) is 7.11 Å². The van der Waals surface area contributed by atoms with Crippen LogP contribution in [0.2, 0.25) is 0 Å². The van der Waals surface area contributed by atoms with Crippen LogP contribution in [0.25, 0.3) is 0 Å². The number of Topliss-reactive ketones (excluding diaryl/α,β-unsaturated/α-hetero) is 1. The third-order valence-electron chi connectivity index (χ3n) is 2.55. The normalized spacial score (nSPS) is 14.3. The summed E-state index contributed by atoms with van der Waals surface area (Å²) in [5, 5.41) is 2.53. The Balaban J connectivity index is 2.03. The number of hydrogen-bond acceptors (Lipinski definition) is 3. The van der Waals surface area contributed by atoms with Gasteiger partial charge < -0.3 is 4.74 Å². The minimum Gasteiger partial charge on any atom is -0.453 e. The van der Waals surface area contributed by atoms with E-state index in [1.54, 1.807) is 24.3 Å². The van der Waals surface area contributed by atoms with Crippen molar-refractivity contribution in [3.63, 3.8) is 0 Å². The third-order valence-corrected chi connectivity index (χ3v) is 2.55. The molecule has 1 saturated carbocycles. The molecule has 0 aromatic heterocycles. The number of rotatable bonds is 3. The maximum absolute atomic E-state index is 11.7. The summed E-state index contributed by atoms with van der Waals surface area (Å²) in [6.07, 6.45) is 1.49. The van der Waals surface area contributed by atoms with Crippen molar-refractivity contribution < 1.29 is 14.3 Å². The molecule has 0 saturated heterocycles. The van der Waals surface area contributed by atoms with Crippen LogP contribution in [-0.2, 0) is 4.74 Å². The first-order chi connectivity index (χ1) is 7.70. The molecule has 1 N–H and O–H groups in total. The van der Waals surface area contributed by atoms with E-state index in [4.69, 9.17) is 0 Å². The van der Waals surface area contributed by atoms with Crippen LogP contribution in [0.15, 0.2) is 24.3 Å². The van der Waals surface area contributed by atoms with Gasteiger partial charge in [-0.3, -0.25) is 10.1 Å². The Morgan fingerprint density at radius 2 is 1.88 bits per heavy atom. The first-order valence-corrected chi connectivity index (χ1v) is 5.20. The van der Waals surface area contributed by atoms with Crippen molar-refractivity contribution in [2.45, 2.75) is 12.8 Å². The maximum Gasteiger partial charge on any atom is 0.411 e. The van der Waals surface area contributed by atoms with Crippen molar-refractivity contribution in [2.24, 2.45) is 5.92 Å². The summed E-state index contributed by atoms with van der Waals surface area (Å²) < 4.78 is 4.46. The highest BCUT2D eigenvalue weighted by molar-refractivity contribution is 5.99. The van der Waals surface area contributed by atoms with E-state index in [-0.39, 0.29) is 11.7 Å². The van der Waals surface area contributed by atoms with Gasteiger partial charge in [-0.1, -0.05) is 0 Å². The molecule has 0 radical (unpaired) electrons. The van der Waals surface area contributed by atoms with Gasteiger partial charge in [0.1, 0.15) is 0 Å². The number of ketones is 1. The quantitative estimate of drug-likeness (QED) is 0.794. The number of carbonyl (C=O) groups is 2. The van der Waals surface area contributed by atoms with E-state index < -0.39 is 6.09 Å². The van der Waals surface area contributed by atoms with Crippen LogP contribution < -0.4 is 5.32 Å². The van der Waals surface area contributed by atoms with Gasteiger partial charge in [-0.05, 0) is 37.1 Å². The van der Waals surface area contributed by atoms with E-state index in [2.05, 4.69) is 10.1 Å². The topological polar surface area (TPSA) is 55.4 Å². The molecule has 4 heteroatoms. The number of benzene rings is 1. The van der Waals surface area contributed by atoms with Crippen molar-refractivity contribution in [3.05, 3.63) is 29.8 Å². The number of amides is 1. The minimum absolute atomic E-state index is 0.199. The third kappa shape index (κ3) is 2.39. The summed E-state index contributed by atoms with van der Waals surface area (Å²) in [5.41, 5.74) is 1.33. The first-order valence-electron chi connectivity index (χ1n) is 5.20. The highest BCUT2D eigenvalue weighted by atomic mass is 16.5. The molecule has 0 unspecified atom stereocenters. The number of ether oxygens (including phenoxy) is 1. The van der Waals surface area contributed by atoms with Gasteiger partial charge in [0.15, 0.2) is 5.78 Å². The van der Waals surface area contributed by atoms with Crippen molar-refractivity contribution in [3.8, 4) is 0 Å². The SMILES string of the molecule is COC(=O)Nc1ccc(C(=O)C2CC2)cc1. The smallest absolute Gasteiger partial charge is 0.411 e. The maximum atomic E-state index is 11.7. The fraction of sp³-hybridized carbons (Fsp3) is 0.333. The average Bonchev–Trinajstić information content (AvgIpc) is 3.13. The van der Waals surface area contributed by atoms with Crippen LogP contribution in [0.5, 0.6) is 0 Å². The summed E-state index contributed by atoms with van der Waals surface area (Å²) >= 11 is 0. The van der Waals surface area contributed by atoms with Crippen molar-refractivity contribution in [2.75, 3.05) is 12.4 Å². The van der Waals surface area contributed by atoms with E-state index in [0.29, 0.717) is 11.3 Å². The summed E-state index contributed by atoms with van der Waals surface area (Å²) in [6, 6.07) is 6.86. The molecule has 0 spiro atoms. The minimum atomic E-state index is -0.513. The fourth-order valence-electron chi connectivity index (χ4n) is 1.47. The molecule has 4 nitrogen and oxygen atoms in total. The molecule has 16 heavy (non-hydrogen) atoms. The van der Waals surface area contributed by atoms with Gasteiger partial charge in [-0.15, -0.1) is 0 Å². The molecular formula is C12H13NO3. The van der Waals surface area contributed by atoms with E-state index in [0.717, 1.165) is 12.8 Å². The first kappa shape index (κ1) is 10.7. The lowest BCUT2D eigenvalue weighted by molar-refractivity contribution is 0.0967. The molecule has 0 heterocycles. The van der Waals surface area contributed by atoms with Crippen molar-refractivity contribution >= 4 is 17.6 Å². The number of nitrogens with one attached hydrogen (secondary N) is 1.